The highest BCUT2D eigenvalue weighted by Crippen LogP contribution is 2.19. The molecule has 0 spiro atoms. The molecule has 1 aliphatic rings. The van der Waals surface area contributed by atoms with Crippen LogP contribution in [0.1, 0.15) is 56.3 Å². The van der Waals surface area contributed by atoms with Crippen LogP contribution in [0, 0.1) is 5.92 Å². The summed E-state index contributed by atoms with van der Waals surface area (Å²) in [6.45, 7) is 5.04. The van der Waals surface area contributed by atoms with Crippen molar-refractivity contribution in [3.63, 3.8) is 0 Å². The lowest BCUT2D eigenvalue weighted by Gasteiger charge is -2.22. The second-order valence-corrected chi connectivity index (χ2v) is 8.52. The third-order valence-electron chi connectivity index (χ3n) is 5.26. The highest BCUT2D eigenvalue weighted by Gasteiger charge is 2.16. The van der Waals surface area contributed by atoms with E-state index in [2.05, 4.69) is 29.8 Å². The van der Waals surface area contributed by atoms with Crippen LogP contribution in [0.5, 0.6) is 5.75 Å². The van der Waals surface area contributed by atoms with Crippen LogP contribution in [-0.4, -0.2) is 31.0 Å². The quantitative estimate of drug-likeness (QED) is 0.539. The van der Waals surface area contributed by atoms with E-state index in [1.54, 1.807) is 24.3 Å². The molecule has 0 aromatic heterocycles. The summed E-state index contributed by atoms with van der Waals surface area (Å²) < 4.78 is 5.66. The Bertz CT molecular complexity index is 841. The van der Waals surface area contributed by atoms with Crippen molar-refractivity contribution in [3.8, 4) is 5.75 Å². The minimum absolute atomic E-state index is 0.0488. The number of benzene rings is 2. The van der Waals surface area contributed by atoms with Gasteiger partial charge in [-0.25, -0.2) is 0 Å². The van der Waals surface area contributed by atoms with Gasteiger partial charge in [0, 0.05) is 23.0 Å². The molecule has 3 rings (SSSR count). The molecule has 6 nitrogen and oxygen atoms in total. The first-order chi connectivity index (χ1) is 15.0. The number of nitrogens with one attached hydrogen (secondary N) is 3. The first-order valence-electron chi connectivity index (χ1n) is 11.2. The van der Waals surface area contributed by atoms with E-state index < -0.39 is 0 Å². The van der Waals surface area contributed by atoms with Gasteiger partial charge < -0.3 is 20.7 Å². The number of anilines is 2. The van der Waals surface area contributed by atoms with E-state index in [0.717, 1.165) is 24.3 Å². The largest absolute Gasteiger partial charge is 0.493 e. The van der Waals surface area contributed by atoms with Crippen molar-refractivity contribution in [3.05, 3.63) is 54.1 Å². The van der Waals surface area contributed by atoms with Gasteiger partial charge in [0.25, 0.3) is 5.91 Å². The van der Waals surface area contributed by atoms with Gasteiger partial charge in [-0.2, -0.15) is 0 Å². The molecular formula is C25H33N3O3. The van der Waals surface area contributed by atoms with Gasteiger partial charge in [0.05, 0.1) is 13.2 Å². The van der Waals surface area contributed by atoms with Crippen molar-refractivity contribution >= 4 is 23.2 Å². The Balaban J connectivity index is 1.42. The van der Waals surface area contributed by atoms with Gasteiger partial charge in [0.1, 0.15) is 5.75 Å². The van der Waals surface area contributed by atoms with Gasteiger partial charge in [0.2, 0.25) is 5.91 Å². The Labute approximate surface area is 184 Å². The molecule has 6 heteroatoms. The zero-order valence-electron chi connectivity index (χ0n) is 18.4. The predicted octanol–water partition coefficient (Wildman–Crippen LogP) is 4.83. The molecule has 0 aliphatic heterocycles. The van der Waals surface area contributed by atoms with Gasteiger partial charge in [-0.05, 0) is 67.3 Å². The van der Waals surface area contributed by atoms with Gasteiger partial charge in [-0.1, -0.05) is 33.1 Å². The average molecular weight is 424 g/mol. The minimum atomic E-state index is -0.153. The standard InChI is InChI=1S/C25H33N3O3/c1-18(2)17-31-23-14-12-20(13-15-23)26-16-24(29)27-22-10-8-19(9-11-22)25(30)28-21-6-4-3-5-7-21/h8-15,18,21,26H,3-7,16-17H2,1-2H3,(H,27,29)(H,28,30). The minimum Gasteiger partial charge on any atom is -0.493 e. The molecule has 1 fully saturated rings. The fourth-order valence-electron chi connectivity index (χ4n) is 3.54. The van der Waals surface area contributed by atoms with Crippen molar-refractivity contribution in [2.45, 2.75) is 52.0 Å². The molecule has 2 aromatic carbocycles. The van der Waals surface area contributed by atoms with Crippen molar-refractivity contribution in [2.75, 3.05) is 23.8 Å². The van der Waals surface area contributed by atoms with E-state index in [9.17, 15) is 9.59 Å². The summed E-state index contributed by atoms with van der Waals surface area (Å²) in [5.41, 5.74) is 2.13. The summed E-state index contributed by atoms with van der Waals surface area (Å²) in [5.74, 6) is 1.09. The molecule has 0 heterocycles. The van der Waals surface area contributed by atoms with E-state index in [0.29, 0.717) is 23.8 Å². The molecule has 0 unspecified atom stereocenters. The topological polar surface area (TPSA) is 79.5 Å². The predicted molar refractivity (Wildman–Crippen MR) is 125 cm³/mol. The van der Waals surface area contributed by atoms with Crippen LogP contribution in [-0.2, 0) is 4.79 Å². The Morgan fingerprint density at radius 2 is 1.58 bits per heavy atom. The number of carbonyl (C=O) groups is 2. The Kier molecular flexibility index (Phi) is 8.33. The number of hydrogen-bond acceptors (Lipinski definition) is 4. The van der Waals surface area contributed by atoms with Gasteiger partial charge >= 0.3 is 0 Å². The highest BCUT2D eigenvalue weighted by atomic mass is 16.5. The normalized spacial score (nSPS) is 14.2. The monoisotopic (exact) mass is 423 g/mol. The molecular weight excluding hydrogens is 390 g/mol. The number of hydrogen-bond donors (Lipinski definition) is 3. The smallest absolute Gasteiger partial charge is 0.251 e. The summed E-state index contributed by atoms with van der Waals surface area (Å²) in [6, 6.07) is 14.9. The maximum atomic E-state index is 12.4. The number of amides is 2. The van der Waals surface area contributed by atoms with E-state index >= 15 is 0 Å². The van der Waals surface area contributed by atoms with Crippen LogP contribution >= 0.6 is 0 Å². The van der Waals surface area contributed by atoms with E-state index in [-0.39, 0.29) is 24.4 Å². The van der Waals surface area contributed by atoms with Gasteiger partial charge in [-0.3, -0.25) is 9.59 Å². The second kappa shape index (κ2) is 11.4. The fourth-order valence-corrected chi connectivity index (χ4v) is 3.54. The molecule has 3 N–H and O–H groups in total. The van der Waals surface area contributed by atoms with Crippen LogP contribution in [0.4, 0.5) is 11.4 Å². The van der Waals surface area contributed by atoms with E-state index in [4.69, 9.17) is 4.74 Å². The lowest BCUT2D eigenvalue weighted by atomic mass is 9.95. The lowest BCUT2D eigenvalue weighted by Crippen LogP contribution is -2.36. The molecule has 0 saturated heterocycles. The van der Waals surface area contributed by atoms with Crippen molar-refractivity contribution < 1.29 is 14.3 Å². The number of carbonyl (C=O) groups excluding carboxylic acids is 2. The summed E-state index contributed by atoms with van der Waals surface area (Å²) >= 11 is 0. The highest BCUT2D eigenvalue weighted by molar-refractivity contribution is 5.96. The third-order valence-corrected chi connectivity index (χ3v) is 5.26. The lowest BCUT2D eigenvalue weighted by molar-refractivity contribution is -0.114. The molecule has 0 bridgehead atoms. The maximum Gasteiger partial charge on any atom is 0.251 e. The number of ether oxygens (including phenoxy) is 1. The Morgan fingerprint density at radius 3 is 2.23 bits per heavy atom. The summed E-state index contributed by atoms with van der Waals surface area (Å²) in [5, 5.41) is 9.05. The molecule has 0 radical (unpaired) electrons. The third kappa shape index (κ3) is 7.63. The summed E-state index contributed by atoms with van der Waals surface area (Å²) in [7, 11) is 0. The second-order valence-electron chi connectivity index (χ2n) is 8.52. The fraction of sp³-hybridized carbons (Fsp3) is 0.440. The molecule has 31 heavy (non-hydrogen) atoms. The zero-order valence-corrected chi connectivity index (χ0v) is 18.4. The van der Waals surface area contributed by atoms with Crippen LogP contribution in [0.15, 0.2) is 48.5 Å². The zero-order chi connectivity index (χ0) is 22.1. The molecule has 166 valence electrons. The average Bonchev–Trinajstić information content (AvgIpc) is 2.78. The molecule has 1 aliphatic carbocycles. The maximum absolute atomic E-state index is 12.4. The van der Waals surface area contributed by atoms with Crippen LogP contribution in [0.3, 0.4) is 0 Å². The first-order valence-corrected chi connectivity index (χ1v) is 11.2. The molecule has 2 amide bonds. The Morgan fingerprint density at radius 1 is 0.935 bits per heavy atom. The van der Waals surface area contributed by atoms with E-state index in [1.807, 2.05) is 24.3 Å². The van der Waals surface area contributed by atoms with Crippen molar-refractivity contribution in [1.29, 1.82) is 0 Å². The molecule has 1 saturated carbocycles. The van der Waals surface area contributed by atoms with Crippen LogP contribution in [0.25, 0.3) is 0 Å². The SMILES string of the molecule is CC(C)COc1ccc(NCC(=O)Nc2ccc(C(=O)NC3CCCCC3)cc2)cc1. The summed E-state index contributed by atoms with van der Waals surface area (Å²) in [6.07, 6.45) is 5.73. The first kappa shape index (κ1) is 22.7. The molecule has 2 aromatic rings. The van der Waals surface area contributed by atoms with E-state index in [1.165, 1.54) is 19.3 Å². The molecule has 0 atom stereocenters. The van der Waals surface area contributed by atoms with Gasteiger partial charge in [0.15, 0.2) is 0 Å². The Hall–Kier alpha value is -3.02. The van der Waals surface area contributed by atoms with Crippen LogP contribution < -0.4 is 20.7 Å². The summed E-state index contributed by atoms with van der Waals surface area (Å²) in [4.78, 5) is 24.6. The van der Waals surface area contributed by atoms with Crippen molar-refractivity contribution in [1.82, 2.24) is 5.32 Å². The van der Waals surface area contributed by atoms with Crippen molar-refractivity contribution in [2.24, 2.45) is 5.92 Å². The van der Waals surface area contributed by atoms with Crippen LogP contribution in [0.2, 0.25) is 0 Å². The number of rotatable bonds is 9. The van der Waals surface area contributed by atoms with Gasteiger partial charge in [-0.15, -0.1) is 0 Å².